The predicted molar refractivity (Wildman–Crippen MR) is 82.2 cm³/mol. The summed E-state index contributed by atoms with van der Waals surface area (Å²) in [5.41, 5.74) is 0. The van der Waals surface area contributed by atoms with Crippen molar-refractivity contribution in [2.45, 2.75) is 12.8 Å². The van der Waals surface area contributed by atoms with E-state index in [9.17, 15) is 4.79 Å². The summed E-state index contributed by atoms with van der Waals surface area (Å²) in [5, 5.41) is 5.67. The Labute approximate surface area is 123 Å². The molecule has 0 spiro atoms. The van der Waals surface area contributed by atoms with E-state index in [1.807, 2.05) is 28.2 Å². The van der Waals surface area contributed by atoms with E-state index >= 15 is 0 Å². The normalized spacial score (nSPS) is 9.67. The fraction of sp³-hybridized carbons (Fsp3) is 0.909. The number of amides is 2. The molecule has 0 unspecified atom stereocenters. The highest BCUT2D eigenvalue weighted by molar-refractivity contribution is 5.85. The monoisotopic (exact) mass is 302 g/mol. The molecular formula is C11H28Cl2N4O. The Hall–Kier alpha value is -0.230. The van der Waals surface area contributed by atoms with E-state index in [-0.39, 0.29) is 30.8 Å². The summed E-state index contributed by atoms with van der Waals surface area (Å²) in [6.07, 6.45) is 1.97. The van der Waals surface area contributed by atoms with Crippen LogP contribution in [0, 0.1) is 0 Å². The Bertz CT molecular complexity index is 174. The van der Waals surface area contributed by atoms with E-state index in [0.717, 1.165) is 39.0 Å². The standard InChI is InChI=1S/C11H26N4O.2ClH/c1-14(2)9-5-7-12-11(16)13-8-6-10-15(3)4;;/h5-10H2,1-4H3,(H2,12,13,16);2*1H. The molecule has 0 aromatic heterocycles. The minimum Gasteiger partial charge on any atom is -0.338 e. The van der Waals surface area contributed by atoms with Crippen molar-refractivity contribution in [2.24, 2.45) is 0 Å². The third-order valence-electron chi connectivity index (χ3n) is 2.14. The molecule has 2 amide bonds. The number of nitrogens with zero attached hydrogens (tertiary/aromatic N) is 2. The molecule has 0 aliphatic heterocycles. The number of urea groups is 1. The molecule has 0 rings (SSSR count). The number of rotatable bonds is 8. The van der Waals surface area contributed by atoms with Gasteiger partial charge >= 0.3 is 6.03 Å². The third kappa shape index (κ3) is 18.1. The van der Waals surface area contributed by atoms with Crippen LogP contribution >= 0.6 is 24.8 Å². The summed E-state index contributed by atoms with van der Waals surface area (Å²) in [7, 11) is 8.12. The highest BCUT2D eigenvalue weighted by Crippen LogP contribution is 1.82. The highest BCUT2D eigenvalue weighted by Gasteiger charge is 1.98. The van der Waals surface area contributed by atoms with Crippen molar-refractivity contribution < 1.29 is 4.79 Å². The van der Waals surface area contributed by atoms with Crippen molar-refractivity contribution in [1.29, 1.82) is 0 Å². The number of carbonyl (C=O) groups is 1. The van der Waals surface area contributed by atoms with Gasteiger partial charge in [-0.1, -0.05) is 0 Å². The van der Waals surface area contributed by atoms with Gasteiger partial charge in [0.25, 0.3) is 0 Å². The fourth-order valence-corrected chi connectivity index (χ4v) is 1.26. The zero-order valence-corrected chi connectivity index (χ0v) is 13.5. The second kappa shape index (κ2) is 14.8. The zero-order chi connectivity index (χ0) is 12.4. The number of carbonyl (C=O) groups excluding carboxylic acids is 1. The van der Waals surface area contributed by atoms with E-state index in [1.54, 1.807) is 0 Å². The van der Waals surface area contributed by atoms with Crippen molar-refractivity contribution in [2.75, 3.05) is 54.4 Å². The Morgan fingerprint density at radius 2 is 1.17 bits per heavy atom. The molecule has 2 N–H and O–H groups in total. The minimum atomic E-state index is -0.0579. The van der Waals surface area contributed by atoms with Crippen LogP contribution in [0.25, 0.3) is 0 Å². The van der Waals surface area contributed by atoms with Gasteiger partial charge in [-0.25, -0.2) is 4.79 Å². The Balaban J connectivity index is -0.00000112. The van der Waals surface area contributed by atoms with Gasteiger partial charge in [-0.2, -0.15) is 0 Å². The van der Waals surface area contributed by atoms with Gasteiger partial charge in [-0.3, -0.25) is 0 Å². The average molecular weight is 303 g/mol. The molecule has 7 heteroatoms. The summed E-state index contributed by atoms with van der Waals surface area (Å²) in [5.74, 6) is 0. The molecule has 0 fully saturated rings. The molecule has 0 saturated heterocycles. The second-order valence-electron chi connectivity index (χ2n) is 4.50. The first kappa shape index (κ1) is 22.9. The maximum atomic E-state index is 11.3. The van der Waals surface area contributed by atoms with Gasteiger partial charge in [0.15, 0.2) is 0 Å². The zero-order valence-electron chi connectivity index (χ0n) is 11.9. The van der Waals surface area contributed by atoms with Gasteiger partial charge in [0.1, 0.15) is 0 Å². The molecule has 0 radical (unpaired) electrons. The van der Waals surface area contributed by atoms with Crippen molar-refractivity contribution >= 4 is 30.8 Å². The summed E-state index contributed by atoms with van der Waals surface area (Å²) >= 11 is 0. The second-order valence-corrected chi connectivity index (χ2v) is 4.50. The summed E-state index contributed by atoms with van der Waals surface area (Å²) in [6.45, 7) is 3.47. The summed E-state index contributed by atoms with van der Waals surface area (Å²) in [6, 6.07) is -0.0579. The lowest BCUT2D eigenvalue weighted by Crippen LogP contribution is -2.37. The first-order chi connectivity index (χ1) is 7.52. The lowest BCUT2D eigenvalue weighted by atomic mass is 10.4. The number of nitrogens with one attached hydrogen (secondary N) is 2. The molecule has 0 saturated carbocycles. The lowest BCUT2D eigenvalue weighted by Gasteiger charge is -2.12. The van der Waals surface area contributed by atoms with Crippen molar-refractivity contribution in [3.05, 3.63) is 0 Å². The fourth-order valence-electron chi connectivity index (χ4n) is 1.26. The Morgan fingerprint density at radius 3 is 1.44 bits per heavy atom. The molecule has 18 heavy (non-hydrogen) atoms. The van der Waals surface area contributed by atoms with E-state index in [2.05, 4.69) is 20.4 Å². The van der Waals surface area contributed by atoms with E-state index < -0.39 is 0 Å². The van der Waals surface area contributed by atoms with E-state index in [0.29, 0.717) is 0 Å². The van der Waals surface area contributed by atoms with Gasteiger partial charge in [0, 0.05) is 13.1 Å². The van der Waals surface area contributed by atoms with Gasteiger partial charge < -0.3 is 20.4 Å². The third-order valence-corrected chi connectivity index (χ3v) is 2.14. The highest BCUT2D eigenvalue weighted by atomic mass is 35.5. The van der Waals surface area contributed by atoms with E-state index in [1.165, 1.54) is 0 Å². The predicted octanol–water partition coefficient (Wildman–Crippen LogP) is 1.03. The first-order valence-corrected chi connectivity index (χ1v) is 5.83. The van der Waals surface area contributed by atoms with Crippen LogP contribution in [0.15, 0.2) is 0 Å². The Morgan fingerprint density at radius 1 is 0.833 bits per heavy atom. The molecule has 112 valence electrons. The first-order valence-electron chi connectivity index (χ1n) is 5.83. The molecule has 0 bridgehead atoms. The number of halogens is 2. The van der Waals surface area contributed by atoms with Gasteiger partial charge in [-0.15, -0.1) is 24.8 Å². The molecule has 0 heterocycles. The van der Waals surface area contributed by atoms with Gasteiger partial charge in [-0.05, 0) is 54.1 Å². The topological polar surface area (TPSA) is 47.6 Å². The van der Waals surface area contributed by atoms with Crippen molar-refractivity contribution in [1.82, 2.24) is 20.4 Å². The minimum absolute atomic E-state index is 0. The van der Waals surface area contributed by atoms with Crippen LogP contribution in [0.5, 0.6) is 0 Å². The van der Waals surface area contributed by atoms with Crippen LogP contribution in [0.4, 0.5) is 4.79 Å². The quantitative estimate of drug-likeness (QED) is 0.659. The number of hydrogen-bond donors (Lipinski definition) is 2. The van der Waals surface area contributed by atoms with Crippen molar-refractivity contribution in [3.63, 3.8) is 0 Å². The Kier molecular flexibility index (Phi) is 18.9. The maximum Gasteiger partial charge on any atom is 0.314 e. The lowest BCUT2D eigenvalue weighted by molar-refractivity contribution is 0.239. The maximum absolute atomic E-state index is 11.3. The van der Waals surface area contributed by atoms with Crippen LogP contribution in [0.1, 0.15) is 12.8 Å². The molecule has 0 aromatic rings. The molecule has 0 aliphatic rings. The van der Waals surface area contributed by atoms with Crippen LogP contribution in [-0.2, 0) is 0 Å². The van der Waals surface area contributed by atoms with E-state index in [4.69, 9.17) is 0 Å². The van der Waals surface area contributed by atoms with Crippen LogP contribution in [-0.4, -0.2) is 70.2 Å². The van der Waals surface area contributed by atoms with Crippen molar-refractivity contribution in [3.8, 4) is 0 Å². The molecule has 5 nitrogen and oxygen atoms in total. The van der Waals surface area contributed by atoms with Gasteiger partial charge in [0.2, 0.25) is 0 Å². The summed E-state index contributed by atoms with van der Waals surface area (Å²) < 4.78 is 0. The molecule has 0 aromatic carbocycles. The smallest absolute Gasteiger partial charge is 0.314 e. The van der Waals surface area contributed by atoms with Crippen LogP contribution in [0.2, 0.25) is 0 Å². The largest absolute Gasteiger partial charge is 0.338 e. The molecule has 0 aliphatic carbocycles. The average Bonchev–Trinajstić information content (AvgIpc) is 2.19. The van der Waals surface area contributed by atoms with Crippen LogP contribution < -0.4 is 10.6 Å². The SMILES string of the molecule is CN(C)CCCNC(=O)NCCCN(C)C.Cl.Cl. The molecular weight excluding hydrogens is 275 g/mol. The molecule has 0 atom stereocenters. The van der Waals surface area contributed by atoms with Gasteiger partial charge in [0.05, 0.1) is 0 Å². The van der Waals surface area contributed by atoms with Crippen LogP contribution in [0.3, 0.4) is 0 Å². The number of hydrogen-bond acceptors (Lipinski definition) is 3. The summed E-state index contributed by atoms with van der Waals surface area (Å²) in [4.78, 5) is 15.5.